The van der Waals surface area contributed by atoms with Gasteiger partial charge in [-0.15, -0.1) is 0 Å². The third kappa shape index (κ3) is 2.64. The van der Waals surface area contributed by atoms with Gasteiger partial charge < -0.3 is 4.74 Å². The van der Waals surface area contributed by atoms with Crippen molar-refractivity contribution in [2.75, 3.05) is 12.0 Å². The van der Waals surface area contributed by atoms with Crippen molar-refractivity contribution < 1.29 is 14.3 Å². The molecular formula is C29H27NO3. The number of methoxy groups -OCH3 is 1. The van der Waals surface area contributed by atoms with Crippen LogP contribution in [0, 0.1) is 11.8 Å². The van der Waals surface area contributed by atoms with Crippen LogP contribution in [0.1, 0.15) is 60.4 Å². The Labute approximate surface area is 194 Å². The smallest absolute Gasteiger partial charge is 0.238 e. The standard InChI is InChI=1S/C29H27NO3/c1-29(2,3)16-13-14-19-20(15-16)24-18-10-6-5-9-17(18)23(19)25-26(24)28(32)30(27(25)31)21-11-7-8-12-22(21)33-4/h5-15,23-26H,1-4H3/t23-,24-,25-,26+/m0/s1. The van der Waals surface area contributed by atoms with Crippen molar-refractivity contribution in [3.05, 3.63) is 94.5 Å². The molecule has 3 aromatic rings. The zero-order chi connectivity index (χ0) is 23.1. The first kappa shape index (κ1) is 20.2. The SMILES string of the molecule is COc1ccccc1N1C(=O)[C@@H]2[C@H]3c4ccccc4[C@@H](c4ccc(C(C)(C)C)cc43)[C@@H]2C1=O. The number of amides is 2. The van der Waals surface area contributed by atoms with Gasteiger partial charge in [-0.3, -0.25) is 9.59 Å². The van der Waals surface area contributed by atoms with Crippen molar-refractivity contribution in [3.8, 4) is 5.75 Å². The first-order valence-electron chi connectivity index (χ1n) is 11.6. The largest absolute Gasteiger partial charge is 0.495 e. The number of para-hydroxylation sites is 2. The monoisotopic (exact) mass is 437 g/mol. The number of benzene rings is 3. The van der Waals surface area contributed by atoms with Crippen LogP contribution in [-0.2, 0) is 15.0 Å². The van der Waals surface area contributed by atoms with Crippen LogP contribution in [0.5, 0.6) is 5.75 Å². The molecule has 33 heavy (non-hydrogen) atoms. The molecule has 1 fully saturated rings. The summed E-state index contributed by atoms with van der Waals surface area (Å²) in [5, 5.41) is 0. The Morgan fingerprint density at radius 1 is 0.727 bits per heavy atom. The number of carbonyl (C=O) groups is 2. The molecule has 0 unspecified atom stereocenters. The number of nitrogens with zero attached hydrogens (tertiary/aromatic N) is 1. The lowest BCUT2D eigenvalue weighted by atomic mass is 9.54. The molecule has 1 aliphatic heterocycles. The minimum atomic E-state index is -0.398. The molecule has 0 radical (unpaired) electrons. The molecule has 4 heteroatoms. The van der Waals surface area contributed by atoms with Crippen molar-refractivity contribution in [1.29, 1.82) is 0 Å². The van der Waals surface area contributed by atoms with E-state index in [1.807, 2.05) is 24.3 Å². The zero-order valence-electron chi connectivity index (χ0n) is 19.3. The first-order valence-corrected chi connectivity index (χ1v) is 11.6. The number of imide groups is 1. The van der Waals surface area contributed by atoms with Crippen LogP contribution in [0.15, 0.2) is 66.7 Å². The molecule has 2 amide bonds. The minimum Gasteiger partial charge on any atom is -0.495 e. The Balaban J connectivity index is 1.57. The highest BCUT2D eigenvalue weighted by molar-refractivity contribution is 6.24. The molecule has 4 nitrogen and oxygen atoms in total. The van der Waals surface area contributed by atoms with Crippen LogP contribution in [0.2, 0.25) is 0 Å². The van der Waals surface area contributed by atoms with Gasteiger partial charge in [0.2, 0.25) is 11.8 Å². The molecule has 0 spiro atoms. The van der Waals surface area contributed by atoms with Crippen LogP contribution < -0.4 is 9.64 Å². The van der Waals surface area contributed by atoms with E-state index in [0.29, 0.717) is 11.4 Å². The normalized spacial score (nSPS) is 25.0. The van der Waals surface area contributed by atoms with Gasteiger partial charge in [-0.05, 0) is 45.4 Å². The molecule has 0 N–H and O–H groups in total. The summed E-state index contributed by atoms with van der Waals surface area (Å²) in [5.74, 6) is -0.730. The maximum atomic E-state index is 14.0. The van der Waals surface area contributed by atoms with E-state index in [2.05, 4.69) is 51.1 Å². The minimum absolute atomic E-state index is 0.00356. The van der Waals surface area contributed by atoms with Crippen molar-refractivity contribution >= 4 is 17.5 Å². The summed E-state index contributed by atoms with van der Waals surface area (Å²) in [6, 6.07) is 22.3. The number of rotatable bonds is 2. The fraction of sp³-hybridized carbons (Fsp3) is 0.310. The van der Waals surface area contributed by atoms with Gasteiger partial charge in [0, 0.05) is 11.8 Å². The molecule has 3 aliphatic carbocycles. The van der Waals surface area contributed by atoms with Gasteiger partial charge in [0.15, 0.2) is 0 Å². The van der Waals surface area contributed by atoms with Gasteiger partial charge in [0.25, 0.3) is 0 Å². The van der Waals surface area contributed by atoms with E-state index in [9.17, 15) is 9.59 Å². The fourth-order valence-corrected chi connectivity index (χ4v) is 6.25. The van der Waals surface area contributed by atoms with Gasteiger partial charge in [-0.2, -0.15) is 0 Å². The molecule has 0 aromatic heterocycles. The number of anilines is 1. The average molecular weight is 438 g/mol. The van der Waals surface area contributed by atoms with Crippen LogP contribution in [0.4, 0.5) is 5.69 Å². The van der Waals surface area contributed by atoms with E-state index in [1.54, 1.807) is 19.2 Å². The Kier molecular flexibility index (Phi) is 4.17. The third-order valence-corrected chi connectivity index (χ3v) is 7.73. The predicted octanol–water partition coefficient (Wildman–Crippen LogP) is 5.39. The van der Waals surface area contributed by atoms with E-state index in [4.69, 9.17) is 4.74 Å². The fourth-order valence-electron chi connectivity index (χ4n) is 6.25. The van der Waals surface area contributed by atoms with Crippen LogP contribution >= 0.6 is 0 Å². The molecule has 2 bridgehead atoms. The summed E-state index contributed by atoms with van der Waals surface area (Å²) in [6.07, 6.45) is 0. The molecule has 1 saturated heterocycles. The van der Waals surface area contributed by atoms with Gasteiger partial charge in [0.1, 0.15) is 5.75 Å². The number of ether oxygens (including phenoxy) is 1. The average Bonchev–Trinajstić information content (AvgIpc) is 3.08. The lowest BCUT2D eigenvalue weighted by molar-refractivity contribution is -0.122. The number of carbonyl (C=O) groups excluding carboxylic acids is 2. The van der Waals surface area contributed by atoms with Gasteiger partial charge in [-0.25, -0.2) is 4.90 Å². The quantitative estimate of drug-likeness (QED) is 0.505. The topological polar surface area (TPSA) is 46.6 Å². The second kappa shape index (κ2) is 6.80. The number of hydrogen-bond donors (Lipinski definition) is 0. The highest BCUT2D eigenvalue weighted by atomic mass is 16.5. The lowest BCUT2D eigenvalue weighted by Gasteiger charge is -2.46. The second-order valence-electron chi connectivity index (χ2n) is 10.4. The summed E-state index contributed by atoms with van der Waals surface area (Å²) in [6.45, 7) is 6.63. The van der Waals surface area contributed by atoms with Gasteiger partial charge in [0.05, 0.1) is 24.6 Å². The summed E-state index contributed by atoms with van der Waals surface area (Å²) in [5.41, 5.74) is 6.55. The summed E-state index contributed by atoms with van der Waals surface area (Å²) in [7, 11) is 1.57. The van der Waals surface area contributed by atoms with E-state index in [0.717, 1.165) is 0 Å². The van der Waals surface area contributed by atoms with Crippen molar-refractivity contribution in [2.24, 2.45) is 11.8 Å². The van der Waals surface area contributed by atoms with Crippen molar-refractivity contribution in [1.82, 2.24) is 0 Å². The van der Waals surface area contributed by atoms with Crippen LogP contribution in [0.25, 0.3) is 0 Å². The van der Waals surface area contributed by atoms with E-state index < -0.39 is 11.8 Å². The van der Waals surface area contributed by atoms with Gasteiger partial charge >= 0.3 is 0 Å². The van der Waals surface area contributed by atoms with Crippen LogP contribution in [0.3, 0.4) is 0 Å². The first-order chi connectivity index (χ1) is 15.8. The zero-order valence-corrected chi connectivity index (χ0v) is 19.3. The molecule has 4 atom stereocenters. The van der Waals surface area contributed by atoms with E-state index in [1.165, 1.54) is 32.7 Å². The molecule has 4 aliphatic rings. The maximum absolute atomic E-state index is 14.0. The highest BCUT2D eigenvalue weighted by Gasteiger charge is 2.62. The Morgan fingerprint density at radius 2 is 1.27 bits per heavy atom. The third-order valence-electron chi connectivity index (χ3n) is 7.73. The Hall–Kier alpha value is -3.40. The summed E-state index contributed by atoms with van der Waals surface area (Å²) < 4.78 is 5.51. The van der Waals surface area contributed by atoms with E-state index in [-0.39, 0.29) is 29.1 Å². The molecule has 1 heterocycles. The highest BCUT2D eigenvalue weighted by Crippen LogP contribution is 2.62. The summed E-state index contributed by atoms with van der Waals surface area (Å²) in [4.78, 5) is 29.2. The van der Waals surface area contributed by atoms with Crippen molar-refractivity contribution in [2.45, 2.75) is 38.0 Å². The molecule has 166 valence electrons. The number of hydrogen-bond acceptors (Lipinski definition) is 3. The van der Waals surface area contributed by atoms with Crippen LogP contribution in [-0.4, -0.2) is 18.9 Å². The summed E-state index contributed by atoms with van der Waals surface area (Å²) >= 11 is 0. The predicted molar refractivity (Wildman–Crippen MR) is 128 cm³/mol. The molecule has 3 aromatic carbocycles. The second-order valence-corrected chi connectivity index (χ2v) is 10.4. The maximum Gasteiger partial charge on any atom is 0.238 e. The Bertz CT molecular complexity index is 1320. The van der Waals surface area contributed by atoms with E-state index >= 15 is 0 Å². The molecule has 7 rings (SSSR count). The van der Waals surface area contributed by atoms with Gasteiger partial charge in [-0.1, -0.05) is 75.4 Å². The van der Waals surface area contributed by atoms with Crippen molar-refractivity contribution in [3.63, 3.8) is 0 Å². The lowest BCUT2D eigenvalue weighted by Crippen LogP contribution is -2.41. The Morgan fingerprint density at radius 3 is 1.88 bits per heavy atom. The molecule has 0 saturated carbocycles. The molecular weight excluding hydrogens is 410 g/mol.